The minimum Gasteiger partial charge on any atom is -0.295 e. The number of aromatic amines is 1. The first-order chi connectivity index (χ1) is 12.9. The second kappa shape index (κ2) is 7.87. The number of aromatic nitrogens is 2. The Morgan fingerprint density at radius 1 is 1.22 bits per heavy atom. The first-order valence-corrected chi connectivity index (χ1v) is 9.39. The van der Waals surface area contributed by atoms with Crippen molar-refractivity contribution in [2.75, 3.05) is 0 Å². The van der Waals surface area contributed by atoms with Gasteiger partial charge in [0.25, 0.3) is 5.56 Å². The maximum atomic E-state index is 12.8. The number of hydrogen-bond acceptors (Lipinski definition) is 4. The molecule has 1 heterocycles. The molecule has 1 N–H and O–H groups in total. The van der Waals surface area contributed by atoms with Crippen molar-refractivity contribution < 1.29 is 0 Å². The molecule has 0 atom stereocenters. The highest BCUT2D eigenvalue weighted by Gasteiger charge is 2.12. The number of hydrogen-bond donors (Lipinski definition) is 1. The average molecular weight is 397 g/mol. The van der Waals surface area contributed by atoms with E-state index in [2.05, 4.69) is 10.1 Å². The number of rotatable bonds is 4. The summed E-state index contributed by atoms with van der Waals surface area (Å²) in [7, 11) is 0. The zero-order valence-electron chi connectivity index (χ0n) is 15.1. The van der Waals surface area contributed by atoms with Gasteiger partial charge in [0.05, 0.1) is 22.0 Å². The van der Waals surface area contributed by atoms with E-state index in [4.69, 9.17) is 16.9 Å². The van der Waals surface area contributed by atoms with Crippen LogP contribution in [0.25, 0.3) is 5.69 Å². The molecule has 136 valence electrons. The molecule has 0 saturated carbocycles. The Bertz CT molecular complexity index is 1140. The van der Waals surface area contributed by atoms with Gasteiger partial charge in [-0.3, -0.25) is 14.9 Å². The normalized spacial score (nSPS) is 11.1. The number of halogens is 1. The van der Waals surface area contributed by atoms with Gasteiger partial charge in [-0.2, -0.15) is 5.26 Å². The van der Waals surface area contributed by atoms with Crippen LogP contribution in [0.3, 0.4) is 0 Å². The van der Waals surface area contributed by atoms with Gasteiger partial charge in [-0.05, 0) is 62.4 Å². The molecule has 0 spiro atoms. The summed E-state index contributed by atoms with van der Waals surface area (Å²) in [6.45, 7) is 5.83. The number of aryl methyl sites for hydroxylation is 3. The van der Waals surface area contributed by atoms with Crippen molar-refractivity contribution in [3.63, 3.8) is 0 Å². The van der Waals surface area contributed by atoms with Gasteiger partial charge in [0.2, 0.25) is 0 Å². The monoisotopic (exact) mass is 396 g/mol. The fraction of sp³-hybridized carbons (Fsp3) is 0.150. The first kappa shape index (κ1) is 19.0. The zero-order valence-corrected chi connectivity index (χ0v) is 16.6. The molecule has 3 rings (SSSR count). The van der Waals surface area contributed by atoms with Crippen molar-refractivity contribution in [3.8, 4) is 11.1 Å². The third-order valence-electron chi connectivity index (χ3n) is 4.12. The number of nitriles is 1. The highest BCUT2D eigenvalue weighted by molar-refractivity contribution is 8.03. The molecule has 0 fully saturated rings. The SMILES string of the molecule is Cc1ccc(-n2[nH]c(C)c(C=Nc3ccc(SC#N)c(Cl)c3)c2=O)c(C)c1. The zero-order chi connectivity index (χ0) is 19.6. The second-order valence-corrected chi connectivity index (χ2v) is 7.38. The quantitative estimate of drug-likeness (QED) is 0.380. The predicted octanol–water partition coefficient (Wildman–Crippen LogP) is 5.07. The highest BCUT2D eigenvalue weighted by atomic mass is 35.5. The van der Waals surface area contributed by atoms with Gasteiger partial charge in [0.15, 0.2) is 0 Å². The lowest BCUT2D eigenvalue weighted by atomic mass is 10.1. The molecular formula is C20H17ClN4OS. The molecule has 0 aliphatic rings. The fourth-order valence-corrected chi connectivity index (χ4v) is 3.46. The molecule has 5 nitrogen and oxygen atoms in total. The Labute approximate surface area is 166 Å². The summed E-state index contributed by atoms with van der Waals surface area (Å²) < 4.78 is 1.53. The number of thiocyanates is 1. The molecule has 0 bridgehead atoms. The summed E-state index contributed by atoms with van der Waals surface area (Å²) in [5.74, 6) is 0. The smallest absolute Gasteiger partial charge is 0.280 e. The molecule has 27 heavy (non-hydrogen) atoms. The van der Waals surface area contributed by atoms with E-state index in [0.29, 0.717) is 21.2 Å². The van der Waals surface area contributed by atoms with Crippen LogP contribution in [0.5, 0.6) is 0 Å². The van der Waals surface area contributed by atoms with Crippen LogP contribution in [0.4, 0.5) is 5.69 Å². The highest BCUT2D eigenvalue weighted by Crippen LogP contribution is 2.30. The minimum absolute atomic E-state index is 0.161. The van der Waals surface area contributed by atoms with Crippen LogP contribution in [0.2, 0.25) is 5.02 Å². The van der Waals surface area contributed by atoms with Crippen molar-refractivity contribution in [2.45, 2.75) is 25.7 Å². The van der Waals surface area contributed by atoms with Gasteiger partial charge in [-0.1, -0.05) is 29.3 Å². The summed E-state index contributed by atoms with van der Waals surface area (Å²) in [6, 6.07) is 11.1. The van der Waals surface area contributed by atoms with Gasteiger partial charge in [-0.15, -0.1) is 0 Å². The van der Waals surface area contributed by atoms with E-state index < -0.39 is 0 Å². The number of nitrogens with one attached hydrogen (secondary N) is 1. The second-order valence-electron chi connectivity index (χ2n) is 6.15. The molecule has 0 aliphatic heterocycles. The molecule has 0 saturated heterocycles. The summed E-state index contributed by atoms with van der Waals surface area (Å²) in [4.78, 5) is 17.9. The standard InChI is InChI=1S/C20H17ClN4OS/c1-12-4-6-18(13(2)8-12)25-20(26)16(14(3)24-25)10-23-15-5-7-19(27-11-22)17(21)9-15/h4-10,24H,1-3H3. The molecule has 3 aromatic rings. The lowest BCUT2D eigenvalue weighted by Gasteiger charge is -2.06. The summed E-state index contributed by atoms with van der Waals surface area (Å²) in [5.41, 5.74) is 4.64. The summed E-state index contributed by atoms with van der Waals surface area (Å²) in [6.07, 6.45) is 1.54. The Kier molecular flexibility index (Phi) is 5.54. The van der Waals surface area contributed by atoms with Crippen LogP contribution in [0.1, 0.15) is 22.4 Å². The number of aliphatic imine (C=N–C) groups is 1. The summed E-state index contributed by atoms with van der Waals surface area (Å²) >= 11 is 7.15. The Morgan fingerprint density at radius 2 is 2.00 bits per heavy atom. The van der Waals surface area contributed by atoms with Crippen molar-refractivity contribution in [1.29, 1.82) is 5.26 Å². The lowest BCUT2D eigenvalue weighted by molar-refractivity contribution is 0.828. The largest absolute Gasteiger partial charge is 0.295 e. The van der Waals surface area contributed by atoms with E-state index in [1.807, 2.05) is 44.4 Å². The van der Waals surface area contributed by atoms with Crippen LogP contribution in [-0.2, 0) is 0 Å². The number of thioether (sulfide) groups is 1. The van der Waals surface area contributed by atoms with E-state index in [1.54, 1.807) is 18.2 Å². The van der Waals surface area contributed by atoms with Crippen LogP contribution in [0, 0.1) is 31.4 Å². The Balaban J connectivity index is 1.96. The molecule has 1 aromatic heterocycles. The number of nitrogens with zero attached hydrogens (tertiary/aromatic N) is 3. The van der Waals surface area contributed by atoms with Gasteiger partial charge in [-0.25, -0.2) is 4.68 Å². The summed E-state index contributed by atoms with van der Waals surface area (Å²) in [5, 5.41) is 14.3. The maximum absolute atomic E-state index is 12.8. The van der Waals surface area contributed by atoms with Crippen molar-refractivity contribution >= 4 is 35.3 Å². The van der Waals surface area contributed by atoms with Crippen molar-refractivity contribution in [3.05, 3.63) is 74.2 Å². The number of H-pyrrole nitrogens is 1. The molecule has 7 heteroatoms. The molecule has 0 amide bonds. The Hall–Kier alpha value is -2.75. The van der Waals surface area contributed by atoms with Crippen molar-refractivity contribution in [1.82, 2.24) is 9.78 Å². The van der Waals surface area contributed by atoms with Crippen molar-refractivity contribution in [2.24, 2.45) is 4.99 Å². The van der Waals surface area contributed by atoms with E-state index in [1.165, 1.54) is 10.9 Å². The predicted molar refractivity (Wildman–Crippen MR) is 111 cm³/mol. The van der Waals surface area contributed by atoms with Crippen LogP contribution >= 0.6 is 23.4 Å². The molecule has 0 radical (unpaired) electrons. The molecule has 2 aromatic carbocycles. The van der Waals surface area contributed by atoms with Crippen LogP contribution < -0.4 is 5.56 Å². The van der Waals surface area contributed by atoms with E-state index in [0.717, 1.165) is 34.3 Å². The molecule has 0 unspecified atom stereocenters. The molecular weight excluding hydrogens is 380 g/mol. The lowest BCUT2D eigenvalue weighted by Crippen LogP contribution is -2.18. The van der Waals surface area contributed by atoms with Gasteiger partial charge in [0.1, 0.15) is 5.40 Å². The average Bonchev–Trinajstić information content (AvgIpc) is 2.89. The van der Waals surface area contributed by atoms with Crippen LogP contribution in [0.15, 0.2) is 51.1 Å². The first-order valence-electron chi connectivity index (χ1n) is 8.19. The van der Waals surface area contributed by atoms with Gasteiger partial charge in [0, 0.05) is 16.8 Å². The minimum atomic E-state index is -0.161. The third kappa shape index (κ3) is 4.00. The molecule has 0 aliphatic carbocycles. The van der Waals surface area contributed by atoms with Crippen LogP contribution in [-0.4, -0.2) is 16.0 Å². The third-order valence-corrected chi connectivity index (χ3v) is 5.22. The van der Waals surface area contributed by atoms with E-state index in [9.17, 15) is 4.79 Å². The number of benzene rings is 2. The fourth-order valence-electron chi connectivity index (χ4n) is 2.78. The van der Waals surface area contributed by atoms with Gasteiger partial charge < -0.3 is 0 Å². The van der Waals surface area contributed by atoms with E-state index in [-0.39, 0.29) is 5.56 Å². The maximum Gasteiger partial charge on any atom is 0.280 e. The van der Waals surface area contributed by atoms with E-state index >= 15 is 0 Å². The topological polar surface area (TPSA) is 73.9 Å². The Morgan fingerprint density at radius 3 is 2.67 bits per heavy atom. The van der Waals surface area contributed by atoms with Gasteiger partial charge >= 0.3 is 0 Å².